The fourth-order valence-corrected chi connectivity index (χ4v) is 4.51. The quantitative estimate of drug-likeness (QED) is 0.506. The van der Waals surface area contributed by atoms with Crippen LogP contribution >= 0.6 is 0 Å². The van der Waals surface area contributed by atoms with E-state index in [2.05, 4.69) is 26.6 Å². The third-order valence-corrected chi connectivity index (χ3v) is 6.76. The predicted molar refractivity (Wildman–Crippen MR) is 120 cm³/mol. The van der Waals surface area contributed by atoms with Crippen molar-refractivity contribution in [1.82, 2.24) is 25.4 Å². The van der Waals surface area contributed by atoms with E-state index in [1.807, 2.05) is 31.1 Å². The second-order valence-electron chi connectivity index (χ2n) is 9.11. The largest absolute Gasteiger partial charge is 0.395 e. The molecule has 1 saturated carbocycles. The molecule has 0 bridgehead atoms. The molecule has 1 aliphatic rings. The number of amides is 1. The molecule has 176 valence electrons. The summed E-state index contributed by atoms with van der Waals surface area (Å²) >= 11 is 0. The second-order valence-corrected chi connectivity index (χ2v) is 9.11. The fourth-order valence-electron chi connectivity index (χ4n) is 4.51. The molecule has 2 unspecified atom stereocenters. The van der Waals surface area contributed by atoms with Gasteiger partial charge in [0.05, 0.1) is 17.1 Å². The van der Waals surface area contributed by atoms with Crippen LogP contribution in [-0.2, 0) is 11.2 Å². The maximum Gasteiger partial charge on any atom is 0.395 e. The van der Waals surface area contributed by atoms with Crippen molar-refractivity contribution in [1.29, 1.82) is 0 Å². The standard InChI is InChI=1S/C24H28F3N5O/c1-32(2)19(12-16-3-4-21-18(11-16)14-30-31-21)15-29-22(33)13-20(17-5-9-28-10-6-17)23(7-8-23)24(25,26)27/h3-6,9-11,14,19-20H,7-8,12-13,15H2,1-2H3,(H,29,33)(H,30,31). The van der Waals surface area contributed by atoms with Crippen LogP contribution in [0, 0.1) is 5.41 Å². The number of rotatable bonds is 9. The van der Waals surface area contributed by atoms with Crippen LogP contribution in [0.3, 0.4) is 0 Å². The Kier molecular flexibility index (Phi) is 6.43. The van der Waals surface area contributed by atoms with E-state index in [1.54, 1.807) is 18.3 Å². The molecule has 0 aliphatic heterocycles. The molecule has 1 amide bonds. The SMILES string of the molecule is CN(C)C(CNC(=O)CC(c1ccncc1)C1(C(F)(F)F)CC1)Cc1ccc2[nH]ncc2c1. The fraction of sp³-hybridized carbons (Fsp3) is 0.458. The van der Waals surface area contributed by atoms with Gasteiger partial charge in [0.1, 0.15) is 0 Å². The van der Waals surface area contributed by atoms with Crippen molar-refractivity contribution in [3.8, 4) is 0 Å². The second kappa shape index (κ2) is 9.13. The first-order chi connectivity index (χ1) is 15.7. The number of carbonyl (C=O) groups excluding carboxylic acids is 1. The highest BCUT2D eigenvalue weighted by atomic mass is 19.4. The predicted octanol–water partition coefficient (Wildman–Crippen LogP) is 4.06. The van der Waals surface area contributed by atoms with Gasteiger partial charge in [-0.15, -0.1) is 0 Å². The van der Waals surface area contributed by atoms with Gasteiger partial charge in [0.2, 0.25) is 5.91 Å². The summed E-state index contributed by atoms with van der Waals surface area (Å²) in [6.45, 7) is 0.345. The molecule has 0 radical (unpaired) electrons. The Labute approximate surface area is 190 Å². The van der Waals surface area contributed by atoms with E-state index in [1.165, 1.54) is 12.4 Å². The summed E-state index contributed by atoms with van der Waals surface area (Å²) in [5.41, 5.74) is 0.731. The zero-order valence-electron chi connectivity index (χ0n) is 18.7. The van der Waals surface area contributed by atoms with E-state index >= 15 is 0 Å². The zero-order valence-corrected chi connectivity index (χ0v) is 18.7. The first kappa shape index (κ1) is 23.2. The molecule has 1 aliphatic carbocycles. The van der Waals surface area contributed by atoms with Crippen molar-refractivity contribution in [2.45, 2.75) is 43.8 Å². The van der Waals surface area contributed by atoms with E-state index in [4.69, 9.17) is 0 Å². The molecule has 3 aromatic rings. The van der Waals surface area contributed by atoms with E-state index in [9.17, 15) is 18.0 Å². The number of hydrogen-bond donors (Lipinski definition) is 2. The van der Waals surface area contributed by atoms with Crippen LogP contribution in [0.15, 0.2) is 48.9 Å². The molecule has 9 heteroatoms. The average molecular weight is 460 g/mol. The minimum Gasteiger partial charge on any atom is -0.355 e. The molecule has 2 aromatic heterocycles. The third kappa shape index (κ3) is 5.03. The van der Waals surface area contributed by atoms with Gasteiger partial charge in [0.25, 0.3) is 0 Å². The number of carbonyl (C=O) groups is 1. The van der Waals surface area contributed by atoms with Gasteiger partial charge in [-0.2, -0.15) is 18.3 Å². The maximum absolute atomic E-state index is 13.9. The Morgan fingerprint density at radius 1 is 1.21 bits per heavy atom. The molecule has 0 saturated heterocycles. The lowest BCUT2D eigenvalue weighted by atomic mass is 9.80. The zero-order chi connectivity index (χ0) is 23.6. The smallest absolute Gasteiger partial charge is 0.355 e. The number of halogens is 3. The van der Waals surface area contributed by atoms with Crippen molar-refractivity contribution in [3.63, 3.8) is 0 Å². The number of likely N-dealkylation sites (N-methyl/N-ethyl adjacent to an activating group) is 1. The van der Waals surface area contributed by atoms with E-state index in [-0.39, 0.29) is 31.2 Å². The van der Waals surface area contributed by atoms with Crippen molar-refractivity contribution < 1.29 is 18.0 Å². The van der Waals surface area contributed by atoms with Crippen LogP contribution in [0.25, 0.3) is 10.9 Å². The number of H-pyrrole nitrogens is 1. The lowest BCUT2D eigenvalue weighted by Gasteiger charge is -2.30. The van der Waals surface area contributed by atoms with Crippen LogP contribution < -0.4 is 5.32 Å². The minimum atomic E-state index is -4.35. The molecule has 6 nitrogen and oxygen atoms in total. The summed E-state index contributed by atoms with van der Waals surface area (Å²) in [6.07, 6.45) is 0.954. The maximum atomic E-state index is 13.9. The van der Waals surface area contributed by atoms with Crippen molar-refractivity contribution in [2.24, 2.45) is 5.41 Å². The topological polar surface area (TPSA) is 73.9 Å². The Balaban J connectivity index is 1.43. The van der Waals surface area contributed by atoms with Gasteiger partial charge in [0.15, 0.2) is 0 Å². The van der Waals surface area contributed by atoms with E-state index in [0.717, 1.165) is 16.5 Å². The Hall–Kier alpha value is -2.94. The van der Waals surface area contributed by atoms with Gasteiger partial charge < -0.3 is 10.2 Å². The van der Waals surface area contributed by atoms with Crippen LogP contribution in [0.1, 0.15) is 36.3 Å². The van der Waals surface area contributed by atoms with Crippen molar-refractivity contribution in [2.75, 3.05) is 20.6 Å². The summed E-state index contributed by atoms with van der Waals surface area (Å²) in [6, 6.07) is 9.19. The number of aromatic nitrogens is 3. The van der Waals surface area contributed by atoms with Crippen LogP contribution in [0.4, 0.5) is 13.2 Å². The van der Waals surface area contributed by atoms with Gasteiger partial charge >= 0.3 is 6.18 Å². The van der Waals surface area contributed by atoms with Crippen LogP contribution in [-0.4, -0.2) is 58.8 Å². The number of benzene rings is 1. The van der Waals surface area contributed by atoms with Gasteiger partial charge in [-0.25, -0.2) is 0 Å². The molecular weight excluding hydrogens is 431 g/mol. The molecule has 1 aromatic carbocycles. The highest BCUT2D eigenvalue weighted by Crippen LogP contribution is 2.66. The summed E-state index contributed by atoms with van der Waals surface area (Å²) in [7, 11) is 3.85. The minimum absolute atomic E-state index is 0.00447. The molecule has 2 N–H and O–H groups in total. The summed E-state index contributed by atoms with van der Waals surface area (Å²) < 4.78 is 41.6. The number of pyridine rings is 1. The van der Waals surface area contributed by atoms with E-state index in [0.29, 0.717) is 18.5 Å². The number of nitrogens with zero attached hydrogens (tertiary/aromatic N) is 3. The molecule has 1 fully saturated rings. The molecular formula is C24H28F3N5O. The molecule has 33 heavy (non-hydrogen) atoms. The van der Waals surface area contributed by atoms with E-state index < -0.39 is 17.5 Å². The number of hydrogen-bond acceptors (Lipinski definition) is 4. The Bertz CT molecular complexity index is 1090. The van der Waals surface area contributed by atoms with Crippen molar-refractivity contribution in [3.05, 3.63) is 60.0 Å². The highest BCUT2D eigenvalue weighted by molar-refractivity contribution is 5.78. The molecule has 2 atom stereocenters. The number of fused-ring (bicyclic) bond motifs is 1. The van der Waals surface area contributed by atoms with Gasteiger partial charge in [-0.1, -0.05) is 6.07 Å². The first-order valence-corrected chi connectivity index (χ1v) is 11.0. The lowest BCUT2D eigenvalue weighted by molar-refractivity contribution is -0.194. The Morgan fingerprint density at radius 2 is 1.94 bits per heavy atom. The normalized spacial score (nSPS) is 17.2. The summed E-state index contributed by atoms with van der Waals surface area (Å²) in [5, 5.41) is 10.9. The van der Waals surface area contributed by atoms with Gasteiger partial charge in [-0.3, -0.25) is 14.9 Å². The monoisotopic (exact) mass is 459 g/mol. The lowest BCUT2D eigenvalue weighted by Crippen LogP contribution is -2.42. The Morgan fingerprint density at radius 3 is 2.58 bits per heavy atom. The number of aromatic amines is 1. The van der Waals surface area contributed by atoms with Crippen LogP contribution in [0.5, 0.6) is 0 Å². The summed E-state index contributed by atoms with van der Waals surface area (Å²) in [4.78, 5) is 18.7. The van der Waals surface area contributed by atoms with Gasteiger partial charge in [-0.05, 0) is 68.8 Å². The number of nitrogens with one attached hydrogen (secondary N) is 2. The summed E-state index contributed by atoms with van der Waals surface area (Å²) in [5.74, 6) is -1.29. The first-order valence-electron chi connectivity index (χ1n) is 11.0. The average Bonchev–Trinajstić information content (AvgIpc) is 3.47. The van der Waals surface area contributed by atoms with Crippen LogP contribution in [0.2, 0.25) is 0 Å². The van der Waals surface area contributed by atoms with Crippen molar-refractivity contribution >= 4 is 16.8 Å². The molecule has 0 spiro atoms. The molecule has 2 heterocycles. The number of alkyl halides is 3. The highest BCUT2D eigenvalue weighted by Gasteiger charge is 2.67. The molecule has 4 rings (SSSR count). The van der Waals surface area contributed by atoms with Gasteiger partial charge in [0, 0.05) is 42.7 Å². The third-order valence-electron chi connectivity index (χ3n) is 6.76.